The number of benzene rings is 3. The van der Waals surface area contributed by atoms with Crippen molar-refractivity contribution in [3.8, 4) is 11.5 Å². The van der Waals surface area contributed by atoms with E-state index < -0.39 is 26.3 Å². The number of sulfone groups is 1. The lowest BCUT2D eigenvalue weighted by molar-refractivity contribution is 0.104. The minimum absolute atomic E-state index is 0.125. The molecule has 3 aromatic carbocycles. The number of fused-ring (bicyclic) bond motifs is 1. The maximum Gasteiger partial charge on any atom is 0.214 e. The zero-order valence-corrected chi connectivity index (χ0v) is 18.2. The second-order valence-electron chi connectivity index (χ2n) is 6.96. The summed E-state index contributed by atoms with van der Waals surface area (Å²) in [6, 6.07) is 16.4. The fraction of sp³-hybridized carbons (Fsp3) is 0.125. The molecule has 0 fully saturated rings. The van der Waals surface area contributed by atoms with Crippen molar-refractivity contribution in [2.75, 3.05) is 18.6 Å². The summed E-state index contributed by atoms with van der Waals surface area (Å²) < 4.78 is 51.2. The fourth-order valence-electron chi connectivity index (χ4n) is 3.43. The van der Waals surface area contributed by atoms with Crippen molar-refractivity contribution in [1.82, 2.24) is 0 Å². The first-order valence-electron chi connectivity index (χ1n) is 9.82. The molecule has 1 aliphatic heterocycles. The minimum Gasteiger partial charge on any atom is -0.497 e. The molecule has 0 bridgehead atoms. The van der Waals surface area contributed by atoms with Gasteiger partial charge >= 0.3 is 0 Å². The molecule has 0 N–H and O–H groups in total. The zero-order valence-electron chi connectivity index (χ0n) is 17.4. The van der Waals surface area contributed by atoms with Crippen LogP contribution in [0.3, 0.4) is 0 Å². The van der Waals surface area contributed by atoms with Crippen LogP contribution in [0.2, 0.25) is 0 Å². The number of ether oxygens (including phenoxy) is 2. The summed E-state index contributed by atoms with van der Waals surface area (Å²) in [5, 5.41) is 0. The summed E-state index contributed by atoms with van der Waals surface area (Å²) >= 11 is 0. The van der Waals surface area contributed by atoms with Crippen LogP contribution in [-0.4, -0.2) is 27.9 Å². The van der Waals surface area contributed by atoms with E-state index in [-0.39, 0.29) is 16.1 Å². The number of hydrogen-bond acceptors (Lipinski definition) is 6. The molecule has 32 heavy (non-hydrogen) atoms. The number of rotatable bonds is 6. The molecule has 1 aliphatic rings. The van der Waals surface area contributed by atoms with Gasteiger partial charge in [-0.1, -0.05) is 0 Å². The Morgan fingerprint density at radius 3 is 2.25 bits per heavy atom. The number of hydrogen-bond donors (Lipinski definition) is 0. The first kappa shape index (κ1) is 21.6. The predicted octanol–water partition coefficient (Wildman–Crippen LogP) is 4.88. The van der Waals surface area contributed by atoms with Gasteiger partial charge in [0.05, 0.1) is 24.3 Å². The van der Waals surface area contributed by atoms with Gasteiger partial charge in [-0.15, -0.1) is 0 Å². The van der Waals surface area contributed by atoms with Gasteiger partial charge in [0, 0.05) is 17.5 Å². The van der Waals surface area contributed by atoms with Gasteiger partial charge in [-0.2, -0.15) is 0 Å². The van der Waals surface area contributed by atoms with Crippen molar-refractivity contribution in [3.63, 3.8) is 0 Å². The van der Waals surface area contributed by atoms with E-state index in [0.29, 0.717) is 23.8 Å². The molecule has 0 aliphatic carbocycles. The molecule has 0 atom stereocenters. The molecule has 6 nitrogen and oxygen atoms in total. The quantitative estimate of drug-likeness (QED) is 0.391. The van der Waals surface area contributed by atoms with Crippen molar-refractivity contribution in [3.05, 3.63) is 89.2 Å². The summed E-state index contributed by atoms with van der Waals surface area (Å²) in [4.78, 5) is 14.1. The molecular formula is C24H20FNO5S. The second-order valence-corrected chi connectivity index (χ2v) is 8.85. The topological polar surface area (TPSA) is 72.9 Å². The lowest BCUT2D eigenvalue weighted by Crippen LogP contribution is -2.26. The van der Waals surface area contributed by atoms with Crippen molar-refractivity contribution < 1.29 is 27.1 Å². The number of anilines is 2. The molecule has 4 rings (SSSR count). The number of carbonyl (C=O) groups excluding carboxylic acids is 1. The summed E-state index contributed by atoms with van der Waals surface area (Å²) in [7, 11) is -2.68. The molecule has 0 amide bonds. The van der Waals surface area contributed by atoms with Gasteiger partial charge in [-0.3, -0.25) is 4.79 Å². The third-order valence-corrected chi connectivity index (χ3v) is 6.80. The highest BCUT2D eigenvalue weighted by atomic mass is 32.2. The largest absolute Gasteiger partial charge is 0.497 e. The van der Waals surface area contributed by atoms with Crippen molar-refractivity contribution in [2.24, 2.45) is 0 Å². The lowest BCUT2D eigenvalue weighted by atomic mass is 10.1. The van der Waals surface area contributed by atoms with Crippen molar-refractivity contribution in [2.45, 2.75) is 11.8 Å². The molecule has 0 saturated carbocycles. The average Bonchev–Trinajstić information content (AvgIpc) is 2.79. The van der Waals surface area contributed by atoms with Crippen LogP contribution in [0.25, 0.3) is 0 Å². The van der Waals surface area contributed by atoms with E-state index in [1.165, 1.54) is 36.4 Å². The van der Waals surface area contributed by atoms with Crippen molar-refractivity contribution in [1.29, 1.82) is 0 Å². The average molecular weight is 453 g/mol. The fourth-order valence-corrected chi connectivity index (χ4v) is 4.95. The van der Waals surface area contributed by atoms with Gasteiger partial charge in [-0.05, 0) is 73.7 Å². The third-order valence-electron chi connectivity index (χ3n) is 5.01. The molecule has 0 spiro atoms. The number of allylic oxidation sites excluding steroid dienone is 1. The molecular weight excluding hydrogens is 433 g/mol. The summed E-state index contributed by atoms with van der Waals surface area (Å²) in [5.74, 6) is -0.0792. The molecule has 164 valence electrons. The van der Waals surface area contributed by atoms with Gasteiger partial charge < -0.3 is 14.4 Å². The molecule has 3 aromatic rings. The summed E-state index contributed by atoms with van der Waals surface area (Å²) in [5.41, 5.74) is 0.869. The number of ketones is 1. The van der Waals surface area contributed by atoms with Gasteiger partial charge in [0.15, 0.2) is 0 Å². The van der Waals surface area contributed by atoms with E-state index in [0.717, 1.165) is 12.1 Å². The van der Waals surface area contributed by atoms with Crippen LogP contribution in [0, 0.1) is 5.82 Å². The number of Topliss-reactive ketones (excluding diaryl/α,β-unsaturated/α-hetero) is 1. The second kappa shape index (κ2) is 8.47. The smallest absolute Gasteiger partial charge is 0.214 e. The van der Waals surface area contributed by atoms with E-state index in [1.807, 2.05) is 6.92 Å². The molecule has 8 heteroatoms. The van der Waals surface area contributed by atoms with Gasteiger partial charge in [0.1, 0.15) is 22.2 Å². The molecule has 0 unspecified atom stereocenters. The van der Waals surface area contributed by atoms with E-state index in [2.05, 4.69) is 0 Å². The SMILES string of the molecule is CCOc1ccc(N2C=C(C(=O)c3ccc(OC)cc3)S(=O)(=O)c3ccc(F)cc32)cc1. The van der Waals surface area contributed by atoms with Crippen LogP contribution in [0.4, 0.5) is 15.8 Å². The van der Waals surface area contributed by atoms with Crippen LogP contribution in [0.1, 0.15) is 17.3 Å². The third kappa shape index (κ3) is 3.85. The number of methoxy groups -OCH3 is 1. The Morgan fingerprint density at radius 1 is 0.969 bits per heavy atom. The van der Waals surface area contributed by atoms with Crippen LogP contribution in [0.15, 0.2) is 82.7 Å². The van der Waals surface area contributed by atoms with E-state index in [1.54, 1.807) is 36.4 Å². The van der Waals surface area contributed by atoms with Crippen LogP contribution in [-0.2, 0) is 9.84 Å². The summed E-state index contributed by atoms with van der Waals surface area (Å²) in [6.45, 7) is 2.36. The van der Waals surface area contributed by atoms with E-state index >= 15 is 0 Å². The predicted molar refractivity (Wildman–Crippen MR) is 119 cm³/mol. The normalized spacial score (nSPS) is 14.3. The highest BCUT2D eigenvalue weighted by Crippen LogP contribution is 2.41. The highest BCUT2D eigenvalue weighted by Gasteiger charge is 2.36. The monoisotopic (exact) mass is 453 g/mol. The maximum atomic E-state index is 14.1. The Morgan fingerprint density at radius 2 is 1.62 bits per heavy atom. The summed E-state index contributed by atoms with van der Waals surface area (Å²) in [6.07, 6.45) is 1.24. The maximum absolute atomic E-state index is 14.1. The Labute approximate surface area is 185 Å². The highest BCUT2D eigenvalue weighted by molar-refractivity contribution is 7.96. The first-order chi connectivity index (χ1) is 15.3. The van der Waals surface area contributed by atoms with Crippen LogP contribution >= 0.6 is 0 Å². The Balaban J connectivity index is 1.85. The van der Waals surface area contributed by atoms with E-state index in [4.69, 9.17) is 9.47 Å². The van der Waals surface area contributed by atoms with Gasteiger partial charge in [0.2, 0.25) is 15.6 Å². The van der Waals surface area contributed by atoms with Crippen LogP contribution < -0.4 is 14.4 Å². The number of halogens is 1. The molecule has 0 saturated heterocycles. The Hall–Kier alpha value is -3.65. The molecule has 0 aromatic heterocycles. The number of nitrogens with zero attached hydrogens (tertiary/aromatic N) is 1. The molecule has 0 radical (unpaired) electrons. The Bertz CT molecular complexity index is 1300. The van der Waals surface area contributed by atoms with Gasteiger partial charge in [0.25, 0.3) is 0 Å². The molecule has 1 heterocycles. The lowest BCUT2D eigenvalue weighted by Gasteiger charge is -2.29. The zero-order chi connectivity index (χ0) is 22.9. The van der Waals surface area contributed by atoms with Gasteiger partial charge in [-0.25, -0.2) is 12.8 Å². The standard InChI is InChI=1S/C24H20FNO5S/c1-3-31-20-11-7-18(8-12-20)26-15-23(24(27)16-4-9-19(30-2)10-5-16)32(28,29)22-13-6-17(25)14-21(22)26/h4-15H,3H2,1-2H3. The van der Waals surface area contributed by atoms with Crippen molar-refractivity contribution >= 4 is 27.0 Å². The first-order valence-corrected chi connectivity index (χ1v) is 11.3. The Kier molecular flexibility index (Phi) is 5.71. The van der Waals surface area contributed by atoms with Crippen LogP contribution in [0.5, 0.6) is 11.5 Å². The minimum atomic E-state index is -4.17. The number of carbonyl (C=O) groups is 1. The van der Waals surface area contributed by atoms with E-state index in [9.17, 15) is 17.6 Å².